The molecular weight excluding hydrogens is 282 g/mol. The minimum atomic E-state index is -2.47. The van der Waals surface area contributed by atoms with Crippen LogP contribution in [-0.4, -0.2) is 52.9 Å². The highest BCUT2D eigenvalue weighted by atomic mass is 19.3. The van der Waals surface area contributed by atoms with Crippen LogP contribution in [0.3, 0.4) is 0 Å². The average Bonchev–Trinajstić information content (AvgIpc) is 2.86. The van der Waals surface area contributed by atoms with Gasteiger partial charge in [0.15, 0.2) is 0 Å². The zero-order chi connectivity index (χ0) is 15.2. The standard InChI is InChI=1S/C13H20F2N4O2/c1-2-21-11-4-3-5-18(8-11)13(20)17-10-6-16-19(7-10)9-12(14)15/h6-7,11-12H,2-5,8-9H2,1H3,(H,17,20)/t11-/m0/s1. The molecule has 2 rings (SSSR count). The first kappa shape index (κ1) is 15.7. The molecule has 1 atom stereocenters. The highest BCUT2D eigenvalue weighted by molar-refractivity contribution is 5.89. The normalized spacial score (nSPS) is 19.0. The van der Waals surface area contributed by atoms with Gasteiger partial charge in [-0.25, -0.2) is 13.6 Å². The van der Waals surface area contributed by atoms with Crippen LogP contribution in [0.25, 0.3) is 0 Å². The summed E-state index contributed by atoms with van der Waals surface area (Å²) in [4.78, 5) is 13.8. The number of alkyl halides is 2. The van der Waals surface area contributed by atoms with Gasteiger partial charge < -0.3 is 15.0 Å². The lowest BCUT2D eigenvalue weighted by atomic mass is 10.1. The first-order valence-corrected chi connectivity index (χ1v) is 7.06. The van der Waals surface area contributed by atoms with E-state index < -0.39 is 13.0 Å². The van der Waals surface area contributed by atoms with Gasteiger partial charge in [-0.2, -0.15) is 5.10 Å². The summed E-state index contributed by atoms with van der Waals surface area (Å²) in [5.74, 6) is 0. The van der Waals surface area contributed by atoms with E-state index in [1.54, 1.807) is 4.90 Å². The highest BCUT2D eigenvalue weighted by Crippen LogP contribution is 2.15. The molecule has 0 saturated carbocycles. The summed E-state index contributed by atoms with van der Waals surface area (Å²) in [6.45, 7) is 3.29. The minimum Gasteiger partial charge on any atom is -0.377 e. The summed E-state index contributed by atoms with van der Waals surface area (Å²) in [7, 11) is 0. The van der Waals surface area contributed by atoms with Gasteiger partial charge in [-0.15, -0.1) is 0 Å². The number of nitrogens with one attached hydrogen (secondary N) is 1. The smallest absolute Gasteiger partial charge is 0.322 e. The van der Waals surface area contributed by atoms with E-state index in [1.165, 1.54) is 12.4 Å². The summed E-state index contributed by atoms with van der Waals surface area (Å²) in [5, 5.41) is 6.45. The van der Waals surface area contributed by atoms with Gasteiger partial charge in [0.2, 0.25) is 0 Å². The predicted molar refractivity (Wildman–Crippen MR) is 73.5 cm³/mol. The van der Waals surface area contributed by atoms with Crippen LogP contribution in [0.5, 0.6) is 0 Å². The van der Waals surface area contributed by atoms with E-state index in [1.807, 2.05) is 6.92 Å². The number of likely N-dealkylation sites (tertiary alicyclic amines) is 1. The molecule has 0 spiro atoms. The number of carbonyl (C=O) groups is 1. The lowest BCUT2D eigenvalue weighted by molar-refractivity contribution is 0.0181. The predicted octanol–water partition coefficient (Wildman–Crippen LogP) is 2.18. The van der Waals surface area contributed by atoms with Crippen molar-refractivity contribution in [1.82, 2.24) is 14.7 Å². The van der Waals surface area contributed by atoms with E-state index >= 15 is 0 Å². The largest absolute Gasteiger partial charge is 0.377 e. The molecule has 0 radical (unpaired) electrons. The zero-order valence-corrected chi connectivity index (χ0v) is 12.0. The summed E-state index contributed by atoms with van der Waals surface area (Å²) in [5.41, 5.74) is 0.416. The number of anilines is 1. The van der Waals surface area contributed by atoms with E-state index in [4.69, 9.17) is 4.74 Å². The van der Waals surface area contributed by atoms with Gasteiger partial charge >= 0.3 is 6.03 Å². The molecule has 0 aromatic carbocycles. The number of piperidine rings is 1. The fourth-order valence-electron chi connectivity index (χ4n) is 2.37. The van der Waals surface area contributed by atoms with E-state index in [-0.39, 0.29) is 12.1 Å². The third-order valence-electron chi connectivity index (χ3n) is 3.28. The fraction of sp³-hybridized carbons (Fsp3) is 0.692. The molecule has 1 saturated heterocycles. The van der Waals surface area contributed by atoms with Gasteiger partial charge in [-0.3, -0.25) is 4.68 Å². The maximum Gasteiger partial charge on any atom is 0.322 e. The van der Waals surface area contributed by atoms with Crippen molar-refractivity contribution in [3.63, 3.8) is 0 Å². The molecule has 2 heterocycles. The molecule has 0 aliphatic carbocycles. The Balaban J connectivity index is 1.87. The molecule has 1 N–H and O–H groups in total. The van der Waals surface area contributed by atoms with E-state index in [0.717, 1.165) is 17.5 Å². The van der Waals surface area contributed by atoms with Crippen LogP contribution < -0.4 is 5.32 Å². The lowest BCUT2D eigenvalue weighted by Gasteiger charge is -2.32. The van der Waals surface area contributed by atoms with Crippen LogP contribution in [0.2, 0.25) is 0 Å². The SMILES string of the molecule is CCO[C@H]1CCCN(C(=O)Nc2cnn(CC(F)F)c2)C1. The fourth-order valence-corrected chi connectivity index (χ4v) is 2.37. The van der Waals surface area contributed by atoms with Crippen molar-refractivity contribution >= 4 is 11.7 Å². The lowest BCUT2D eigenvalue weighted by Crippen LogP contribution is -2.45. The number of nitrogens with zero attached hydrogens (tertiary/aromatic N) is 3. The Labute approximate surface area is 122 Å². The second-order valence-electron chi connectivity index (χ2n) is 4.94. The molecule has 0 unspecified atom stereocenters. The van der Waals surface area contributed by atoms with E-state index in [9.17, 15) is 13.6 Å². The Morgan fingerprint density at radius 2 is 2.43 bits per heavy atom. The van der Waals surface area contributed by atoms with Gasteiger partial charge in [0, 0.05) is 25.9 Å². The van der Waals surface area contributed by atoms with Crippen LogP contribution in [0.15, 0.2) is 12.4 Å². The van der Waals surface area contributed by atoms with Gasteiger partial charge in [0.25, 0.3) is 6.43 Å². The van der Waals surface area contributed by atoms with Gasteiger partial charge in [-0.1, -0.05) is 0 Å². The number of amides is 2. The summed E-state index contributed by atoms with van der Waals surface area (Å²) in [6, 6.07) is -0.254. The number of rotatable bonds is 5. The topological polar surface area (TPSA) is 59.4 Å². The van der Waals surface area contributed by atoms with E-state index in [0.29, 0.717) is 25.4 Å². The van der Waals surface area contributed by atoms with Crippen LogP contribution in [-0.2, 0) is 11.3 Å². The van der Waals surface area contributed by atoms with Crippen molar-refractivity contribution in [3.05, 3.63) is 12.4 Å². The van der Waals surface area contributed by atoms with Crippen molar-refractivity contribution in [2.75, 3.05) is 25.0 Å². The Bertz CT molecular complexity index is 465. The zero-order valence-electron chi connectivity index (χ0n) is 12.0. The number of halogens is 2. The van der Waals surface area contributed by atoms with Crippen LogP contribution >= 0.6 is 0 Å². The summed E-state index contributed by atoms with van der Waals surface area (Å²) >= 11 is 0. The van der Waals surface area contributed by atoms with Gasteiger partial charge in [-0.05, 0) is 19.8 Å². The van der Waals surface area contributed by atoms with Crippen molar-refractivity contribution < 1.29 is 18.3 Å². The number of aromatic nitrogens is 2. The van der Waals surface area contributed by atoms with Crippen molar-refractivity contribution in [3.8, 4) is 0 Å². The van der Waals surface area contributed by atoms with Crippen LogP contribution in [0, 0.1) is 0 Å². The van der Waals surface area contributed by atoms with E-state index in [2.05, 4.69) is 10.4 Å². The monoisotopic (exact) mass is 302 g/mol. The second-order valence-corrected chi connectivity index (χ2v) is 4.94. The molecule has 1 aliphatic heterocycles. The maximum absolute atomic E-state index is 12.2. The molecule has 21 heavy (non-hydrogen) atoms. The number of hydrogen-bond donors (Lipinski definition) is 1. The second kappa shape index (κ2) is 7.35. The molecule has 1 fully saturated rings. The molecule has 8 heteroatoms. The maximum atomic E-state index is 12.2. The van der Waals surface area contributed by atoms with Crippen molar-refractivity contribution in [2.45, 2.75) is 38.8 Å². The Morgan fingerprint density at radius 1 is 1.62 bits per heavy atom. The molecule has 118 valence electrons. The molecule has 6 nitrogen and oxygen atoms in total. The van der Waals surface area contributed by atoms with Crippen LogP contribution in [0.4, 0.5) is 19.3 Å². The third kappa shape index (κ3) is 4.66. The van der Waals surface area contributed by atoms with Crippen molar-refractivity contribution in [2.24, 2.45) is 0 Å². The quantitative estimate of drug-likeness (QED) is 0.907. The number of carbonyl (C=O) groups excluding carboxylic acids is 1. The first-order valence-electron chi connectivity index (χ1n) is 7.06. The number of urea groups is 1. The molecule has 1 aromatic heterocycles. The molecule has 1 aliphatic rings. The average molecular weight is 302 g/mol. The van der Waals surface area contributed by atoms with Gasteiger partial charge in [0.05, 0.1) is 18.0 Å². The third-order valence-corrected chi connectivity index (χ3v) is 3.28. The first-order chi connectivity index (χ1) is 10.1. The molecular formula is C13H20F2N4O2. The molecule has 1 aromatic rings. The van der Waals surface area contributed by atoms with Gasteiger partial charge in [0.1, 0.15) is 6.54 Å². The van der Waals surface area contributed by atoms with Crippen molar-refractivity contribution in [1.29, 1.82) is 0 Å². The Kier molecular flexibility index (Phi) is 5.49. The number of ether oxygens (including phenoxy) is 1. The highest BCUT2D eigenvalue weighted by Gasteiger charge is 2.24. The Morgan fingerprint density at radius 3 is 3.14 bits per heavy atom. The molecule has 0 bridgehead atoms. The number of hydrogen-bond acceptors (Lipinski definition) is 3. The molecule has 2 amide bonds. The van der Waals surface area contributed by atoms with Crippen LogP contribution in [0.1, 0.15) is 19.8 Å². The Hall–Kier alpha value is -1.70. The minimum absolute atomic E-state index is 0.0658. The summed E-state index contributed by atoms with van der Waals surface area (Å²) < 4.78 is 31.1. The summed E-state index contributed by atoms with van der Waals surface area (Å²) in [6.07, 6.45) is 2.20.